The molecule has 1 atom stereocenters. The van der Waals surface area contributed by atoms with Crippen LogP contribution in [0.1, 0.15) is 30.5 Å². The van der Waals surface area contributed by atoms with Crippen LogP contribution in [0.2, 0.25) is 0 Å². The van der Waals surface area contributed by atoms with Crippen molar-refractivity contribution in [1.29, 1.82) is 0 Å². The van der Waals surface area contributed by atoms with Crippen molar-refractivity contribution in [2.24, 2.45) is 0 Å². The van der Waals surface area contributed by atoms with Crippen LogP contribution in [0.15, 0.2) is 58.6 Å². The Morgan fingerprint density at radius 2 is 1.90 bits per heavy atom. The molecule has 1 aliphatic rings. The molecule has 1 heterocycles. The van der Waals surface area contributed by atoms with Gasteiger partial charge in [0.15, 0.2) is 0 Å². The lowest BCUT2D eigenvalue weighted by molar-refractivity contribution is -0.140. The van der Waals surface area contributed by atoms with Crippen molar-refractivity contribution in [3.05, 3.63) is 69.7 Å². The van der Waals surface area contributed by atoms with Crippen LogP contribution < -0.4 is 4.74 Å². The summed E-state index contributed by atoms with van der Waals surface area (Å²) in [6.07, 6.45) is 0.591. The number of methoxy groups -OCH3 is 1. The van der Waals surface area contributed by atoms with Crippen molar-refractivity contribution in [2.75, 3.05) is 26.9 Å². The second kappa shape index (κ2) is 9.91. The topological polar surface area (TPSA) is 76.1 Å². The summed E-state index contributed by atoms with van der Waals surface area (Å²) < 4.78 is 11.4. The third-order valence-corrected chi connectivity index (χ3v) is 5.45. The monoisotopic (exact) mass is 473 g/mol. The molecule has 0 bridgehead atoms. The lowest BCUT2D eigenvalue weighted by atomic mass is 9.95. The zero-order valence-electron chi connectivity index (χ0n) is 16.9. The molecule has 7 heteroatoms. The summed E-state index contributed by atoms with van der Waals surface area (Å²) in [6.45, 7) is 3.33. The Morgan fingerprint density at radius 1 is 1.17 bits per heavy atom. The number of carbonyl (C=O) groups excluding carboxylic acids is 2. The summed E-state index contributed by atoms with van der Waals surface area (Å²) in [6, 6.07) is 13.4. The van der Waals surface area contributed by atoms with Gasteiger partial charge in [-0.1, -0.05) is 28.1 Å². The Labute approximate surface area is 184 Å². The maximum Gasteiger partial charge on any atom is 0.295 e. The minimum absolute atomic E-state index is 0.0830. The normalized spacial score (nSPS) is 18.1. The first-order valence-electron chi connectivity index (χ1n) is 9.74. The van der Waals surface area contributed by atoms with Gasteiger partial charge in [0.2, 0.25) is 0 Å². The van der Waals surface area contributed by atoms with Crippen molar-refractivity contribution in [2.45, 2.75) is 19.4 Å². The fourth-order valence-electron chi connectivity index (χ4n) is 3.52. The van der Waals surface area contributed by atoms with E-state index in [0.717, 1.165) is 10.0 Å². The summed E-state index contributed by atoms with van der Waals surface area (Å²) >= 11 is 3.45. The number of hydrogen-bond donors (Lipinski definition) is 1. The van der Waals surface area contributed by atoms with E-state index in [4.69, 9.17) is 9.47 Å². The lowest BCUT2D eigenvalue weighted by Crippen LogP contribution is -2.31. The van der Waals surface area contributed by atoms with E-state index in [2.05, 4.69) is 15.9 Å². The van der Waals surface area contributed by atoms with E-state index in [1.54, 1.807) is 31.4 Å². The molecule has 1 N–H and O–H groups in total. The Balaban J connectivity index is 2.06. The summed E-state index contributed by atoms with van der Waals surface area (Å²) in [7, 11) is 1.55. The van der Waals surface area contributed by atoms with Gasteiger partial charge in [-0.2, -0.15) is 0 Å². The van der Waals surface area contributed by atoms with Gasteiger partial charge in [0, 0.05) is 29.8 Å². The number of benzene rings is 2. The van der Waals surface area contributed by atoms with Crippen molar-refractivity contribution in [1.82, 2.24) is 4.90 Å². The fraction of sp³-hybridized carbons (Fsp3) is 0.304. The number of ketones is 1. The molecule has 0 aliphatic carbocycles. The molecule has 0 saturated carbocycles. The Kier molecular flexibility index (Phi) is 7.29. The van der Waals surface area contributed by atoms with Crippen LogP contribution >= 0.6 is 15.9 Å². The first kappa shape index (κ1) is 22.1. The van der Waals surface area contributed by atoms with Crippen LogP contribution in [0, 0.1) is 0 Å². The summed E-state index contributed by atoms with van der Waals surface area (Å²) in [4.78, 5) is 27.3. The number of likely N-dealkylation sites (tertiary alicyclic amines) is 1. The maximum absolute atomic E-state index is 12.9. The maximum atomic E-state index is 12.9. The van der Waals surface area contributed by atoms with Crippen LogP contribution in [0.25, 0.3) is 5.76 Å². The molecule has 1 amide bonds. The van der Waals surface area contributed by atoms with Gasteiger partial charge in [0.25, 0.3) is 11.7 Å². The number of halogens is 1. The summed E-state index contributed by atoms with van der Waals surface area (Å²) in [5.41, 5.74) is 1.28. The zero-order valence-corrected chi connectivity index (χ0v) is 18.5. The number of rotatable bonds is 8. The van der Waals surface area contributed by atoms with E-state index in [-0.39, 0.29) is 11.3 Å². The van der Waals surface area contributed by atoms with Gasteiger partial charge < -0.3 is 19.5 Å². The van der Waals surface area contributed by atoms with E-state index in [0.29, 0.717) is 37.5 Å². The van der Waals surface area contributed by atoms with Gasteiger partial charge in [0.05, 0.1) is 18.7 Å². The zero-order chi connectivity index (χ0) is 21.7. The van der Waals surface area contributed by atoms with Crippen molar-refractivity contribution < 1.29 is 24.2 Å². The highest BCUT2D eigenvalue weighted by Crippen LogP contribution is 2.40. The molecule has 0 unspecified atom stereocenters. The van der Waals surface area contributed by atoms with Crippen LogP contribution in [-0.2, 0) is 14.3 Å². The molecular weight excluding hydrogens is 450 g/mol. The largest absolute Gasteiger partial charge is 0.507 e. The third-order valence-electron chi connectivity index (χ3n) is 4.96. The van der Waals surface area contributed by atoms with Gasteiger partial charge in [-0.3, -0.25) is 9.59 Å². The smallest absolute Gasteiger partial charge is 0.295 e. The lowest BCUT2D eigenvalue weighted by Gasteiger charge is -2.25. The highest BCUT2D eigenvalue weighted by atomic mass is 79.9. The number of aliphatic hydroxyl groups excluding tert-OH is 1. The van der Waals surface area contributed by atoms with Crippen molar-refractivity contribution in [3.63, 3.8) is 0 Å². The van der Waals surface area contributed by atoms with Crippen LogP contribution in [0.4, 0.5) is 0 Å². The number of Topliss-reactive ketones (excluding diaryl/α,β-unsaturated/α-hetero) is 1. The number of aliphatic hydroxyl groups is 1. The molecule has 30 heavy (non-hydrogen) atoms. The van der Waals surface area contributed by atoms with E-state index in [1.807, 2.05) is 31.2 Å². The Bertz CT molecular complexity index is 954. The van der Waals surface area contributed by atoms with Gasteiger partial charge in [-0.25, -0.2) is 0 Å². The van der Waals surface area contributed by atoms with Crippen molar-refractivity contribution >= 4 is 33.4 Å². The van der Waals surface area contributed by atoms with E-state index in [1.165, 1.54) is 4.90 Å². The predicted molar refractivity (Wildman–Crippen MR) is 117 cm³/mol. The van der Waals surface area contributed by atoms with E-state index >= 15 is 0 Å². The Morgan fingerprint density at radius 3 is 2.53 bits per heavy atom. The highest BCUT2D eigenvalue weighted by Gasteiger charge is 2.45. The standard InChI is InChI=1S/C23H24BrNO5/c1-3-30-13-5-12-25-20(16-6-4-7-17(24)14-16)19(22(27)23(25)28)21(26)15-8-10-18(29-2)11-9-15/h4,6-11,14,20,26H,3,5,12-13H2,1-2H3/t20-/m0/s1. The van der Waals surface area contributed by atoms with Gasteiger partial charge >= 0.3 is 0 Å². The molecule has 1 saturated heterocycles. The molecule has 0 radical (unpaired) electrons. The molecular formula is C23H24BrNO5. The molecule has 2 aromatic rings. The molecule has 6 nitrogen and oxygen atoms in total. The molecule has 0 spiro atoms. The number of amides is 1. The van der Waals surface area contributed by atoms with E-state index in [9.17, 15) is 14.7 Å². The van der Waals surface area contributed by atoms with Gasteiger partial charge in [-0.05, 0) is 55.3 Å². The second-order valence-electron chi connectivity index (χ2n) is 6.83. The Hall–Kier alpha value is -2.64. The van der Waals surface area contributed by atoms with Crippen LogP contribution in [0.3, 0.4) is 0 Å². The minimum atomic E-state index is -0.690. The number of nitrogens with zero attached hydrogens (tertiary/aromatic N) is 1. The van der Waals surface area contributed by atoms with Crippen LogP contribution in [-0.4, -0.2) is 48.6 Å². The first-order chi connectivity index (χ1) is 14.5. The van der Waals surface area contributed by atoms with Crippen molar-refractivity contribution in [3.8, 4) is 5.75 Å². The summed E-state index contributed by atoms with van der Waals surface area (Å²) in [5, 5.41) is 11.0. The second-order valence-corrected chi connectivity index (χ2v) is 7.74. The van der Waals surface area contributed by atoms with Gasteiger partial charge in [0.1, 0.15) is 11.5 Å². The molecule has 1 fully saturated rings. The first-order valence-corrected chi connectivity index (χ1v) is 10.5. The molecule has 2 aromatic carbocycles. The number of ether oxygens (including phenoxy) is 2. The SMILES string of the molecule is CCOCCCN1C(=O)C(=O)C(=C(O)c2ccc(OC)cc2)[C@@H]1c1cccc(Br)c1. The molecule has 158 valence electrons. The number of hydrogen-bond acceptors (Lipinski definition) is 5. The quantitative estimate of drug-likeness (QED) is 0.267. The third kappa shape index (κ3) is 4.57. The number of carbonyl (C=O) groups is 2. The summed E-state index contributed by atoms with van der Waals surface area (Å²) in [5.74, 6) is -0.879. The average Bonchev–Trinajstić information content (AvgIpc) is 3.01. The average molecular weight is 474 g/mol. The van der Waals surface area contributed by atoms with Crippen LogP contribution in [0.5, 0.6) is 5.75 Å². The fourth-order valence-corrected chi connectivity index (χ4v) is 3.94. The van der Waals surface area contributed by atoms with Gasteiger partial charge in [-0.15, -0.1) is 0 Å². The molecule has 1 aliphatic heterocycles. The molecule has 3 rings (SSSR count). The van der Waals surface area contributed by atoms with E-state index < -0.39 is 17.7 Å². The highest BCUT2D eigenvalue weighted by molar-refractivity contribution is 9.10. The predicted octanol–water partition coefficient (Wildman–Crippen LogP) is 4.31. The molecule has 0 aromatic heterocycles. The minimum Gasteiger partial charge on any atom is -0.507 e.